The summed E-state index contributed by atoms with van der Waals surface area (Å²) >= 11 is 0. The Labute approximate surface area is 58.5 Å². The van der Waals surface area contributed by atoms with Crippen LogP contribution in [-0.2, 0) is 0 Å². The summed E-state index contributed by atoms with van der Waals surface area (Å²) < 4.78 is 0. The first-order chi connectivity index (χ1) is 3.80. The van der Waals surface area contributed by atoms with Crippen LogP contribution in [0.1, 0.15) is 11.1 Å². The predicted molar refractivity (Wildman–Crippen MR) is 41.7 cm³/mol. The van der Waals surface area contributed by atoms with Crippen LogP contribution in [0.5, 0.6) is 0 Å². The summed E-state index contributed by atoms with van der Waals surface area (Å²) in [5.41, 5.74) is 2.74. The molecule has 0 aliphatic rings. The molecule has 0 fully saturated rings. The van der Waals surface area contributed by atoms with Crippen molar-refractivity contribution in [3.05, 3.63) is 35.4 Å². The second-order valence-electron chi connectivity index (χ2n) is 2.08. The molecule has 1 aromatic carbocycles. The molecule has 0 unspecified atom stereocenters. The molecule has 0 saturated carbocycles. The molecular formula is C8H10B. The Bertz CT molecular complexity index is 161. The Balaban J connectivity index is 0.000000640. The molecule has 3 radical (unpaired) electrons. The first-order valence-electron chi connectivity index (χ1n) is 2.83. The van der Waals surface area contributed by atoms with E-state index in [9.17, 15) is 0 Å². The van der Waals surface area contributed by atoms with E-state index >= 15 is 0 Å². The van der Waals surface area contributed by atoms with Gasteiger partial charge in [-0.3, -0.25) is 0 Å². The van der Waals surface area contributed by atoms with Crippen LogP contribution in [0.15, 0.2) is 24.3 Å². The second-order valence-corrected chi connectivity index (χ2v) is 2.08. The van der Waals surface area contributed by atoms with Crippen molar-refractivity contribution in [1.82, 2.24) is 0 Å². The molecule has 0 heterocycles. The second kappa shape index (κ2) is 3.34. The molecule has 0 saturated heterocycles. The van der Waals surface area contributed by atoms with E-state index in [0.29, 0.717) is 0 Å². The van der Waals surface area contributed by atoms with E-state index in [2.05, 4.69) is 38.1 Å². The lowest BCUT2D eigenvalue weighted by Gasteiger charge is -1.93. The monoisotopic (exact) mass is 117 g/mol. The molecule has 0 N–H and O–H groups in total. The Morgan fingerprint density at radius 1 is 0.889 bits per heavy atom. The molecule has 0 aliphatic carbocycles. The molecule has 0 aliphatic heterocycles. The Morgan fingerprint density at radius 3 is 1.44 bits per heavy atom. The predicted octanol–water partition coefficient (Wildman–Crippen LogP) is 1.92. The van der Waals surface area contributed by atoms with Gasteiger partial charge in [-0.05, 0) is 25.0 Å². The zero-order chi connectivity index (χ0) is 5.98. The minimum Gasteiger partial charge on any atom is -0.0620 e. The maximum absolute atomic E-state index is 2.12. The van der Waals surface area contributed by atoms with E-state index < -0.39 is 0 Å². The van der Waals surface area contributed by atoms with Crippen LogP contribution in [0, 0.1) is 13.8 Å². The smallest absolute Gasteiger partial charge is 0 e. The summed E-state index contributed by atoms with van der Waals surface area (Å²) in [6, 6.07) is 8.36. The van der Waals surface area contributed by atoms with E-state index in [0.717, 1.165) is 0 Å². The van der Waals surface area contributed by atoms with Crippen molar-refractivity contribution >= 4 is 8.41 Å². The van der Waals surface area contributed by atoms with Gasteiger partial charge in [0.15, 0.2) is 0 Å². The van der Waals surface area contributed by atoms with Gasteiger partial charge in [0.05, 0.1) is 0 Å². The molecule has 0 amide bonds. The molecule has 0 bridgehead atoms. The third kappa shape index (κ3) is 1.92. The fourth-order valence-corrected chi connectivity index (χ4v) is 0.663. The summed E-state index contributed by atoms with van der Waals surface area (Å²) in [6.45, 7) is 4.24. The van der Waals surface area contributed by atoms with E-state index in [1.54, 1.807) is 0 Å². The van der Waals surface area contributed by atoms with Gasteiger partial charge in [0, 0.05) is 8.41 Å². The van der Waals surface area contributed by atoms with Gasteiger partial charge in [-0.2, -0.15) is 0 Å². The average Bonchev–Trinajstić information content (AvgIpc) is 1.77. The summed E-state index contributed by atoms with van der Waals surface area (Å²) in [5.74, 6) is 0. The molecule has 0 nitrogen and oxygen atoms in total. The van der Waals surface area contributed by atoms with Gasteiger partial charge in [0.2, 0.25) is 0 Å². The first kappa shape index (κ1) is 8.28. The summed E-state index contributed by atoms with van der Waals surface area (Å²) in [6.07, 6.45) is 0. The highest BCUT2D eigenvalue weighted by Gasteiger charge is 1.83. The fourth-order valence-electron chi connectivity index (χ4n) is 0.663. The maximum atomic E-state index is 2.12. The van der Waals surface area contributed by atoms with Crippen LogP contribution < -0.4 is 0 Å². The lowest BCUT2D eigenvalue weighted by atomic mass is 10.1. The fraction of sp³-hybridized carbons (Fsp3) is 0.250. The number of benzene rings is 1. The van der Waals surface area contributed by atoms with Crippen molar-refractivity contribution < 1.29 is 0 Å². The van der Waals surface area contributed by atoms with E-state index in [4.69, 9.17) is 0 Å². The first-order valence-corrected chi connectivity index (χ1v) is 2.83. The largest absolute Gasteiger partial charge is 0.0620 e. The third-order valence-electron chi connectivity index (χ3n) is 1.43. The Morgan fingerprint density at radius 2 is 1.22 bits per heavy atom. The maximum Gasteiger partial charge on any atom is 0 e. The van der Waals surface area contributed by atoms with Crippen LogP contribution in [-0.4, -0.2) is 8.41 Å². The normalized spacial score (nSPS) is 8.22. The zero-order valence-electron chi connectivity index (χ0n) is 5.89. The Kier molecular flexibility index (Phi) is 3.07. The van der Waals surface area contributed by atoms with Gasteiger partial charge in [-0.25, -0.2) is 0 Å². The van der Waals surface area contributed by atoms with Gasteiger partial charge in [-0.1, -0.05) is 24.3 Å². The lowest BCUT2D eigenvalue weighted by molar-refractivity contribution is 1.34. The van der Waals surface area contributed by atoms with Crippen LogP contribution >= 0.6 is 0 Å². The van der Waals surface area contributed by atoms with E-state index in [1.807, 2.05) is 0 Å². The van der Waals surface area contributed by atoms with Gasteiger partial charge >= 0.3 is 0 Å². The molecule has 9 heavy (non-hydrogen) atoms. The molecule has 1 rings (SSSR count). The molecule has 0 atom stereocenters. The van der Waals surface area contributed by atoms with Crippen molar-refractivity contribution in [2.75, 3.05) is 0 Å². The molecule has 1 heteroatoms. The molecule has 45 valence electrons. The van der Waals surface area contributed by atoms with Gasteiger partial charge in [0.1, 0.15) is 0 Å². The number of hydrogen-bond donors (Lipinski definition) is 0. The summed E-state index contributed by atoms with van der Waals surface area (Å²) in [4.78, 5) is 0. The van der Waals surface area contributed by atoms with Crippen LogP contribution in [0.25, 0.3) is 0 Å². The van der Waals surface area contributed by atoms with E-state index in [-0.39, 0.29) is 8.41 Å². The van der Waals surface area contributed by atoms with Crippen LogP contribution in [0.3, 0.4) is 0 Å². The molecule has 1 aromatic rings. The van der Waals surface area contributed by atoms with Crippen molar-refractivity contribution in [3.8, 4) is 0 Å². The minimum atomic E-state index is 0. The standard InChI is InChI=1S/C8H10.B/c1-7-5-3-4-6-8(7)2;/h3-6H,1-2H3;. The zero-order valence-corrected chi connectivity index (χ0v) is 5.89. The summed E-state index contributed by atoms with van der Waals surface area (Å²) in [5, 5.41) is 0. The highest BCUT2D eigenvalue weighted by atomic mass is 13.9. The molecule has 0 aromatic heterocycles. The Hall–Kier alpha value is -0.715. The number of rotatable bonds is 0. The number of hydrogen-bond acceptors (Lipinski definition) is 0. The van der Waals surface area contributed by atoms with Crippen molar-refractivity contribution in [1.29, 1.82) is 0 Å². The van der Waals surface area contributed by atoms with Gasteiger partial charge in [-0.15, -0.1) is 0 Å². The van der Waals surface area contributed by atoms with Crippen molar-refractivity contribution in [2.24, 2.45) is 0 Å². The third-order valence-corrected chi connectivity index (χ3v) is 1.43. The molecular weight excluding hydrogens is 107 g/mol. The number of aryl methyl sites for hydroxylation is 2. The van der Waals surface area contributed by atoms with Crippen molar-refractivity contribution in [2.45, 2.75) is 13.8 Å². The van der Waals surface area contributed by atoms with Crippen LogP contribution in [0.4, 0.5) is 0 Å². The quantitative estimate of drug-likeness (QED) is 0.455. The van der Waals surface area contributed by atoms with Gasteiger partial charge < -0.3 is 0 Å². The van der Waals surface area contributed by atoms with Crippen molar-refractivity contribution in [3.63, 3.8) is 0 Å². The summed E-state index contributed by atoms with van der Waals surface area (Å²) in [7, 11) is 0. The molecule has 0 spiro atoms. The van der Waals surface area contributed by atoms with E-state index in [1.165, 1.54) is 11.1 Å². The highest BCUT2D eigenvalue weighted by Crippen LogP contribution is 2.02. The minimum absolute atomic E-state index is 0. The average molecular weight is 117 g/mol. The highest BCUT2D eigenvalue weighted by molar-refractivity contribution is 5.75. The lowest BCUT2D eigenvalue weighted by Crippen LogP contribution is -1.74. The topological polar surface area (TPSA) is 0 Å². The SMILES string of the molecule is Cc1ccccc1C.[B]. The van der Waals surface area contributed by atoms with Gasteiger partial charge in [0.25, 0.3) is 0 Å². The van der Waals surface area contributed by atoms with Crippen LogP contribution in [0.2, 0.25) is 0 Å².